The average Bonchev–Trinajstić information content (AvgIpc) is 3.29. The SMILES string of the molecule is CCC(CC)n1nccc1C(=O)Nc1ccc(-n2cncn2)cn1. The number of amides is 1. The number of aromatic nitrogens is 6. The Morgan fingerprint density at radius 3 is 2.67 bits per heavy atom. The zero-order valence-corrected chi connectivity index (χ0v) is 13.6. The topological polar surface area (TPSA) is 90.5 Å². The van der Waals surface area contributed by atoms with Crippen LogP contribution >= 0.6 is 0 Å². The minimum atomic E-state index is -0.222. The molecular formula is C16H19N7O. The van der Waals surface area contributed by atoms with E-state index < -0.39 is 0 Å². The molecular weight excluding hydrogens is 306 g/mol. The van der Waals surface area contributed by atoms with Crippen LogP contribution in [0.4, 0.5) is 5.82 Å². The van der Waals surface area contributed by atoms with Crippen LogP contribution < -0.4 is 5.32 Å². The van der Waals surface area contributed by atoms with Crippen LogP contribution in [-0.4, -0.2) is 35.4 Å². The Bertz CT molecular complexity index is 788. The quantitative estimate of drug-likeness (QED) is 0.752. The molecule has 0 atom stereocenters. The maximum atomic E-state index is 12.5. The molecule has 0 aliphatic heterocycles. The summed E-state index contributed by atoms with van der Waals surface area (Å²) in [5, 5.41) is 11.1. The molecule has 0 aliphatic carbocycles. The fourth-order valence-corrected chi connectivity index (χ4v) is 2.54. The van der Waals surface area contributed by atoms with Crippen molar-refractivity contribution in [2.24, 2.45) is 0 Å². The van der Waals surface area contributed by atoms with Crippen LogP contribution in [0.1, 0.15) is 43.2 Å². The van der Waals surface area contributed by atoms with Gasteiger partial charge in [-0.05, 0) is 31.0 Å². The molecule has 0 saturated carbocycles. The molecule has 0 unspecified atom stereocenters. The van der Waals surface area contributed by atoms with E-state index in [0.717, 1.165) is 18.5 Å². The van der Waals surface area contributed by atoms with Gasteiger partial charge in [-0.25, -0.2) is 14.6 Å². The lowest BCUT2D eigenvalue weighted by Gasteiger charge is -2.16. The van der Waals surface area contributed by atoms with Gasteiger partial charge in [-0.15, -0.1) is 0 Å². The molecule has 0 spiro atoms. The van der Waals surface area contributed by atoms with Crippen molar-refractivity contribution in [3.8, 4) is 5.69 Å². The predicted octanol–water partition coefficient (Wildman–Crippen LogP) is 2.47. The van der Waals surface area contributed by atoms with E-state index in [-0.39, 0.29) is 11.9 Å². The monoisotopic (exact) mass is 325 g/mol. The van der Waals surface area contributed by atoms with Gasteiger partial charge in [0.2, 0.25) is 0 Å². The normalized spacial score (nSPS) is 11.0. The van der Waals surface area contributed by atoms with Crippen molar-refractivity contribution >= 4 is 11.7 Å². The molecule has 0 aliphatic rings. The van der Waals surface area contributed by atoms with Crippen molar-refractivity contribution in [3.05, 3.63) is 48.9 Å². The van der Waals surface area contributed by atoms with Gasteiger partial charge in [0.1, 0.15) is 24.2 Å². The Morgan fingerprint density at radius 2 is 2.04 bits per heavy atom. The molecule has 124 valence electrons. The van der Waals surface area contributed by atoms with Crippen LogP contribution in [0.15, 0.2) is 43.2 Å². The Balaban J connectivity index is 1.75. The highest BCUT2D eigenvalue weighted by Crippen LogP contribution is 2.18. The number of pyridine rings is 1. The average molecular weight is 325 g/mol. The maximum absolute atomic E-state index is 12.5. The number of carbonyl (C=O) groups excluding carboxylic acids is 1. The molecule has 1 N–H and O–H groups in total. The number of anilines is 1. The Morgan fingerprint density at radius 1 is 1.21 bits per heavy atom. The van der Waals surface area contributed by atoms with Gasteiger partial charge >= 0.3 is 0 Å². The molecule has 3 aromatic rings. The van der Waals surface area contributed by atoms with E-state index in [4.69, 9.17) is 0 Å². The summed E-state index contributed by atoms with van der Waals surface area (Å²) in [6.45, 7) is 4.17. The van der Waals surface area contributed by atoms with Crippen LogP contribution in [-0.2, 0) is 0 Å². The number of hydrogen-bond donors (Lipinski definition) is 1. The second-order valence-corrected chi connectivity index (χ2v) is 5.33. The van der Waals surface area contributed by atoms with Gasteiger partial charge < -0.3 is 5.32 Å². The first-order chi connectivity index (χ1) is 11.7. The van der Waals surface area contributed by atoms with Crippen molar-refractivity contribution in [1.82, 2.24) is 29.5 Å². The third-order valence-corrected chi connectivity index (χ3v) is 3.86. The summed E-state index contributed by atoms with van der Waals surface area (Å²) in [5.41, 5.74) is 1.30. The lowest BCUT2D eigenvalue weighted by atomic mass is 10.1. The smallest absolute Gasteiger partial charge is 0.275 e. The van der Waals surface area contributed by atoms with Crippen LogP contribution in [0.5, 0.6) is 0 Å². The van der Waals surface area contributed by atoms with E-state index in [1.165, 1.54) is 6.33 Å². The number of nitrogens with zero attached hydrogens (tertiary/aromatic N) is 6. The molecule has 0 bridgehead atoms. The predicted molar refractivity (Wildman–Crippen MR) is 89.0 cm³/mol. The van der Waals surface area contributed by atoms with Crippen LogP contribution in [0.3, 0.4) is 0 Å². The van der Waals surface area contributed by atoms with Gasteiger partial charge in [-0.2, -0.15) is 10.2 Å². The first kappa shape index (κ1) is 15.9. The van der Waals surface area contributed by atoms with Gasteiger partial charge in [0.15, 0.2) is 0 Å². The third kappa shape index (κ3) is 3.17. The standard InChI is InChI=1S/C16H19N7O/c1-3-12(4-2)23-14(7-8-19-23)16(24)21-15-6-5-13(9-18-15)22-11-17-10-20-22/h5-12H,3-4H2,1-2H3,(H,18,21,24). The molecule has 1 amide bonds. The first-order valence-corrected chi connectivity index (χ1v) is 7.88. The molecule has 3 rings (SSSR count). The zero-order valence-electron chi connectivity index (χ0n) is 13.6. The summed E-state index contributed by atoms with van der Waals surface area (Å²) in [7, 11) is 0. The van der Waals surface area contributed by atoms with Crippen molar-refractivity contribution in [2.75, 3.05) is 5.32 Å². The highest BCUT2D eigenvalue weighted by Gasteiger charge is 2.17. The minimum Gasteiger partial charge on any atom is -0.305 e. The van der Waals surface area contributed by atoms with Crippen LogP contribution in [0.2, 0.25) is 0 Å². The molecule has 3 heterocycles. The molecule has 0 fully saturated rings. The Kier molecular flexibility index (Phi) is 4.64. The van der Waals surface area contributed by atoms with E-state index >= 15 is 0 Å². The Labute approximate surface area is 139 Å². The fraction of sp³-hybridized carbons (Fsp3) is 0.312. The number of carbonyl (C=O) groups is 1. The number of nitrogens with one attached hydrogen (secondary N) is 1. The second kappa shape index (κ2) is 7.03. The van der Waals surface area contributed by atoms with Crippen LogP contribution in [0, 0.1) is 0 Å². The molecule has 0 radical (unpaired) electrons. The van der Waals surface area contributed by atoms with E-state index in [1.807, 2.05) is 6.07 Å². The maximum Gasteiger partial charge on any atom is 0.275 e. The van der Waals surface area contributed by atoms with E-state index in [0.29, 0.717) is 11.5 Å². The summed E-state index contributed by atoms with van der Waals surface area (Å²) in [6, 6.07) is 5.48. The van der Waals surface area contributed by atoms with Crippen molar-refractivity contribution < 1.29 is 4.79 Å². The van der Waals surface area contributed by atoms with Gasteiger partial charge in [-0.1, -0.05) is 13.8 Å². The Hall–Kier alpha value is -3.03. The molecule has 0 aromatic carbocycles. The van der Waals surface area contributed by atoms with E-state index in [9.17, 15) is 4.79 Å². The number of hydrogen-bond acceptors (Lipinski definition) is 5. The van der Waals surface area contributed by atoms with Crippen molar-refractivity contribution in [1.29, 1.82) is 0 Å². The lowest BCUT2D eigenvalue weighted by Crippen LogP contribution is -2.21. The van der Waals surface area contributed by atoms with Gasteiger partial charge in [0, 0.05) is 6.20 Å². The summed E-state index contributed by atoms with van der Waals surface area (Å²) in [6.07, 6.45) is 8.15. The zero-order chi connectivity index (χ0) is 16.9. The van der Waals surface area contributed by atoms with Gasteiger partial charge in [0.25, 0.3) is 5.91 Å². The lowest BCUT2D eigenvalue weighted by molar-refractivity contribution is 0.101. The summed E-state index contributed by atoms with van der Waals surface area (Å²) in [5.74, 6) is 0.251. The largest absolute Gasteiger partial charge is 0.305 e. The first-order valence-electron chi connectivity index (χ1n) is 7.88. The molecule has 0 saturated heterocycles. The van der Waals surface area contributed by atoms with Crippen molar-refractivity contribution in [3.63, 3.8) is 0 Å². The fourth-order valence-electron chi connectivity index (χ4n) is 2.54. The molecule has 24 heavy (non-hydrogen) atoms. The summed E-state index contributed by atoms with van der Waals surface area (Å²) >= 11 is 0. The van der Waals surface area contributed by atoms with Gasteiger partial charge in [0.05, 0.1) is 17.9 Å². The summed E-state index contributed by atoms with van der Waals surface area (Å²) < 4.78 is 3.37. The van der Waals surface area contributed by atoms with E-state index in [1.54, 1.807) is 40.2 Å². The third-order valence-electron chi connectivity index (χ3n) is 3.86. The van der Waals surface area contributed by atoms with E-state index in [2.05, 4.69) is 39.3 Å². The summed E-state index contributed by atoms with van der Waals surface area (Å²) in [4.78, 5) is 20.6. The number of rotatable bonds is 6. The van der Waals surface area contributed by atoms with Crippen molar-refractivity contribution in [2.45, 2.75) is 32.7 Å². The highest BCUT2D eigenvalue weighted by atomic mass is 16.2. The molecule has 8 heteroatoms. The highest BCUT2D eigenvalue weighted by molar-refractivity contribution is 6.02. The molecule has 8 nitrogen and oxygen atoms in total. The second-order valence-electron chi connectivity index (χ2n) is 5.33. The molecule has 3 aromatic heterocycles. The minimum absolute atomic E-state index is 0.211. The van der Waals surface area contributed by atoms with Crippen LogP contribution in [0.25, 0.3) is 5.69 Å². The van der Waals surface area contributed by atoms with Gasteiger partial charge in [-0.3, -0.25) is 9.48 Å².